The number of likely N-dealkylation sites (N-methyl/N-ethyl adjacent to an activating group) is 2. The molecule has 14 nitrogen and oxygen atoms in total. The van der Waals surface area contributed by atoms with Crippen molar-refractivity contribution < 1.29 is 38.2 Å². The first kappa shape index (κ1) is 46.2. The molecule has 0 saturated carbocycles. The second-order valence-corrected chi connectivity index (χ2v) is 16.8. The van der Waals surface area contributed by atoms with Gasteiger partial charge in [-0.25, -0.2) is 4.98 Å². The van der Waals surface area contributed by atoms with Gasteiger partial charge in [-0.15, -0.1) is 11.3 Å². The van der Waals surface area contributed by atoms with Gasteiger partial charge < -0.3 is 25.0 Å². The van der Waals surface area contributed by atoms with E-state index in [0.29, 0.717) is 30.7 Å². The van der Waals surface area contributed by atoms with E-state index in [4.69, 9.17) is 14.5 Å². The van der Waals surface area contributed by atoms with Gasteiger partial charge in [0.2, 0.25) is 11.8 Å². The van der Waals surface area contributed by atoms with Crippen molar-refractivity contribution in [3.63, 3.8) is 0 Å². The van der Waals surface area contributed by atoms with Gasteiger partial charge in [-0.3, -0.25) is 38.6 Å². The summed E-state index contributed by atoms with van der Waals surface area (Å²) in [4.78, 5) is 87.4. The Bertz CT molecular complexity index is 1730. The average Bonchev–Trinajstić information content (AvgIpc) is 3.82. The maximum Gasteiger partial charge on any atom is 0.303 e. The quantitative estimate of drug-likeness (QED) is 0.0969. The second-order valence-electron chi connectivity index (χ2n) is 15.9. The number of esters is 1. The third-order valence-corrected chi connectivity index (χ3v) is 12.1. The monoisotopic (exact) mass is 822 g/mol. The van der Waals surface area contributed by atoms with E-state index in [1.807, 2.05) is 65.1 Å². The van der Waals surface area contributed by atoms with Gasteiger partial charge in [-0.2, -0.15) is 0 Å². The lowest BCUT2D eigenvalue weighted by atomic mass is 9.92. The number of amides is 5. The lowest BCUT2D eigenvalue weighted by Crippen LogP contribution is -2.58. The number of thiazole rings is 1. The van der Waals surface area contributed by atoms with Crippen LogP contribution in [0.25, 0.3) is 0 Å². The number of hydrogen-bond donors (Lipinski definition) is 2. The van der Waals surface area contributed by atoms with Crippen LogP contribution in [0.1, 0.15) is 120 Å². The summed E-state index contributed by atoms with van der Waals surface area (Å²) in [7, 11) is 3.72. The van der Waals surface area contributed by atoms with Crippen molar-refractivity contribution in [2.45, 2.75) is 123 Å². The minimum Gasteiger partial charge on any atom is -0.455 e. The van der Waals surface area contributed by atoms with Gasteiger partial charge in [0.25, 0.3) is 17.7 Å². The van der Waals surface area contributed by atoms with Crippen LogP contribution in [0.5, 0.6) is 0 Å². The van der Waals surface area contributed by atoms with E-state index in [-0.39, 0.29) is 66.4 Å². The summed E-state index contributed by atoms with van der Waals surface area (Å²) >= 11 is 1.27. The molecule has 2 aliphatic heterocycles. The van der Waals surface area contributed by atoms with Crippen LogP contribution in [0.4, 0.5) is 0 Å². The van der Waals surface area contributed by atoms with Gasteiger partial charge in [0.05, 0.1) is 12.1 Å². The van der Waals surface area contributed by atoms with Crippen LogP contribution >= 0.6 is 11.3 Å². The fraction of sp³-hybridized carbons (Fsp3) is 0.605. The van der Waals surface area contributed by atoms with E-state index in [2.05, 4.69) is 15.5 Å². The maximum absolute atomic E-state index is 14.4. The molecular formula is C43H62N6O8S. The van der Waals surface area contributed by atoms with E-state index in [0.717, 1.165) is 31.4 Å². The first-order valence-corrected chi connectivity index (χ1v) is 21.4. The predicted molar refractivity (Wildman–Crippen MR) is 221 cm³/mol. The largest absolute Gasteiger partial charge is 0.455 e. The van der Waals surface area contributed by atoms with E-state index < -0.39 is 36.2 Å². The Kier molecular flexibility index (Phi) is 17.6. The zero-order valence-corrected chi connectivity index (χ0v) is 36.1. The average molecular weight is 823 g/mol. The molecule has 1 saturated heterocycles. The Labute approximate surface area is 347 Å². The Morgan fingerprint density at radius 1 is 1.00 bits per heavy atom. The number of unbranched alkanes of at least 4 members (excludes halogenated alkanes) is 1. The van der Waals surface area contributed by atoms with Gasteiger partial charge in [-0.1, -0.05) is 70.9 Å². The zero-order valence-electron chi connectivity index (χ0n) is 35.3. The van der Waals surface area contributed by atoms with Crippen LogP contribution in [-0.4, -0.2) is 113 Å². The molecular weight excluding hydrogens is 761 g/mol. The van der Waals surface area contributed by atoms with Crippen LogP contribution in [0.2, 0.25) is 0 Å². The van der Waals surface area contributed by atoms with E-state index in [1.54, 1.807) is 24.3 Å². The molecule has 58 heavy (non-hydrogen) atoms. The minimum absolute atomic E-state index is 0.0164. The van der Waals surface area contributed by atoms with Crippen LogP contribution < -0.4 is 10.6 Å². The molecule has 318 valence electrons. The van der Waals surface area contributed by atoms with E-state index in [9.17, 15) is 28.8 Å². The highest BCUT2D eigenvalue weighted by Crippen LogP contribution is 2.32. The molecule has 0 aliphatic carbocycles. The number of carbonyl (C=O) groups excluding carboxylic acids is 6. The van der Waals surface area contributed by atoms with Crippen molar-refractivity contribution in [1.29, 1.82) is 0 Å². The Morgan fingerprint density at radius 3 is 2.31 bits per heavy atom. The number of benzene rings is 1. The normalized spacial score (nSPS) is 19.0. The third kappa shape index (κ3) is 12.5. The summed E-state index contributed by atoms with van der Waals surface area (Å²) in [5, 5.41) is 8.27. The summed E-state index contributed by atoms with van der Waals surface area (Å²) in [5.41, 5.74) is 0.911. The maximum atomic E-state index is 14.4. The highest BCUT2D eigenvalue weighted by molar-refractivity contribution is 7.09. The summed E-state index contributed by atoms with van der Waals surface area (Å²) in [6, 6.07) is 7.29. The number of nitrogens with one attached hydrogen (secondary N) is 2. The van der Waals surface area contributed by atoms with Crippen LogP contribution in [0.15, 0.2) is 47.9 Å². The molecule has 2 aromatic rings. The molecule has 5 amide bonds. The molecule has 1 aromatic heterocycles. The molecule has 3 heterocycles. The number of carbonyl (C=O) groups is 6. The lowest BCUT2D eigenvalue weighted by molar-refractivity contribution is -0.148. The summed E-state index contributed by atoms with van der Waals surface area (Å²) in [6.07, 6.45) is 6.07. The zero-order chi connectivity index (χ0) is 42.5. The number of aromatic nitrogens is 1. The number of likely N-dealkylation sites (tertiary alicyclic amines) is 1. The Balaban J connectivity index is 1.53. The van der Waals surface area contributed by atoms with Crippen molar-refractivity contribution in [1.82, 2.24) is 30.3 Å². The van der Waals surface area contributed by atoms with Crippen molar-refractivity contribution in [2.75, 3.05) is 33.8 Å². The highest BCUT2D eigenvalue weighted by Gasteiger charge is 2.37. The number of nitrogens with zero attached hydrogens (tertiary/aromatic N) is 4. The lowest BCUT2D eigenvalue weighted by Gasteiger charge is -2.38. The molecule has 2 N–H and O–H groups in total. The van der Waals surface area contributed by atoms with Crippen LogP contribution in [0.3, 0.4) is 0 Å². The predicted octanol–water partition coefficient (Wildman–Crippen LogP) is 5.22. The molecule has 2 aliphatic rings. The van der Waals surface area contributed by atoms with Crippen molar-refractivity contribution in [3.8, 4) is 0 Å². The number of ether oxygens (including phenoxy) is 2. The van der Waals surface area contributed by atoms with Gasteiger partial charge in [-0.05, 0) is 63.6 Å². The Hall–Kier alpha value is -4.47. The topological polar surface area (TPSA) is 168 Å². The Morgan fingerprint density at radius 2 is 1.69 bits per heavy atom. The first-order valence-electron chi connectivity index (χ1n) is 20.5. The van der Waals surface area contributed by atoms with Gasteiger partial charge in [0, 0.05) is 57.1 Å². The molecule has 1 aromatic carbocycles. The van der Waals surface area contributed by atoms with Gasteiger partial charge in [0.1, 0.15) is 29.0 Å². The van der Waals surface area contributed by atoms with Crippen LogP contribution in [-0.2, 0) is 33.4 Å². The number of imide groups is 1. The van der Waals surface area contributed by atoms with Crippen LogP contribution in [0, 0.1) is 11.8 Å². The summed E-state index contributed by atoms with van der Waals surface area (Å²) in [5.74, 6) is -2.02. The second kappa shape index (κ2) is 22.1. The molecule has 1 fully saturated rings. The molecule has 0 spiro atoms. The van der Waals surface area contributed by atoms with Gasteiger partial charge in [0.15, 0.2) is 0 Å². The third-order valence-electron chi connectivity index (χ3n) is 11.2. The molecule has 7 atom stereocenters. The molecule has 4 rings (SSSR count). The minimum atomic E-state index is -0.716. The number of piperidine rings is 1. The molecule has 0 bridgehead atoms. The fourth-order valence-electron chi connectivity index (χ4n) is 7.48. The standard InChI is InChI=1S/C43H62N6O8S/c1-9-28(4)38(46-41(54)33-19-13-14-22-47(33)7)43(55)48(8)34(27(2)3)25-35(56-24-16-15-23-49-36(51)20-21-37(49)52)42-45-32(26-58-42)40(53)44-29(5)39(57-30(6)50)31-17-11-10-12-18-31/h10-12,17-18,20-21,26-29,33-35,38-39H,9,13-16,19,22-25H2,1-8H3,(H,44,53)(H,46,54)/t28-,29+,33+,34+,35+,38-,39?/m0/s1. The highest BCUT2D eigenvalue weighted by atomic mass is 32.1. The van der Waals surface area contributed by atoms with Crippen molar-refractivity contribution in [2.24, 2.45) is 11.8 Å². The molecule has 0 radical (unpaired) electrons. The van der Waals surface area contributed by atoms with E-state index >= 15 is 0 Å². The SMILES string of the molecule is CC[C@H](C)[C@H](NC(=O)[C@H]1CCCCN1C)C(=O)N(C)[C@H](C[C@@H](OCCCCN1C(=O)C=CC1=O)c1nc(C(=O)N[C@H](C)C(OC(C)=O)c2ccccc2)cs1)C(C)C. The number of hydrogen-bond acceptors (Lipinski definition) is 11. The van der Waals surface area contributed by atoms with Gasteiger partial charge >= 0.3 is 5.97 Å². The smallest absolute Gasteiger partial charge is 0.303 e. The fourth-order valence-corrected chi connectivity index (χ4v) is 8.34. The molecule has 15 heteroatoms. The van der Waals surface area contributed by atoms with Crippen molar-refractivity contribution >= 4 is 46.8 Å². The summed E-state index contributed by atoms with van der Waals surface area (Å²) < 4.78 is 12.1. The molecule has 1 unspecified atom stereocenters. The number of rotatable bonds is 21. The summed E-state index contributed by atoms with van der Waals surface area (Å²) in [6.45, 7) is 12.5. The first-order chi connectivity index (χ1) is 27.6. The van der Waals surface area contributed by atoms with Crippen molar-refractivity contribution in [3.05, 3.63) is 64.1 Å². The van der Waals surface area contributed by atoms with E-state index in [1.165, 1.54) is 35.3 Å².